The molecular weight excluding hydrogens is 216 g/mol. The molecule has 0 fully saturated rings. The first-order valence-electron chi connectivity index (χ1n) is 5.65. The Balaban J connectivity index is 0.000000302. The van der Waals surface area contributed by atoms with Gasteiger partial charge in [-0.15, -0.1) is 0 Å². The SMILES string of the molecule is CCCCOC(=O)CN.N=Cc1ccccc1. The summed E-state index contributed by atoms with van der Waals surface area (Å²) in [5.74, 6) is -0.316. The van der Waals surface area contributed by atoms with Gasteiger partial charge in [0.05, 0.1) is 13.2 Å². The van der Waals surface area contributed by atoms with Gasteiger partial charge in [0.15, 0.2) is 0 Å². The summed E-state index contributed by atoms with van der Waals surface area (Å²) in [6.45, 7) is 2.53. The zero-order valence-electron chi connectivity index (χ0n) is 10.2. The predicted molar refractivity (Wildman–Crippen MR) is 69.2 cm³/mol. The molecule has 4 heteroatoms. The van der Waals surface area contributed by atoms with E-state index in [1.165, 1.54) is 6.21 Å². The van der Waals surface area contributed by atoms with E-state index in [9.17, 15) is 4.79 Å². The molecule has 3 N–H and O–H groups in total. The third kappa shape index (κ3) is 9.26. The largest absolute Gasteiger partial charge is 0.465 e. The van der Waals surface area contributed by atoms with E-state index in [1.807, 2.05) is 37.3 Å². The van der Waals surface area contributed by atoms with Crippen molar-refractivity contribution in [1.82, 2.24) is 0 Å². The summed E-state index contributed by atoms with van der Waals surface area (Å²) in [4.78, 5) is 10.3. The molecule has 0 bridgehead atoms. The summed E-state index contributed by atoms with van der Waals surface area (Å²) in [6, 6.07) is 9.56. The van der Waals surface area contributed by atoms with E-state index in [0.29, 0.717) is 6.61 Å². The van der Waals surface area contributed by atoms with Crippen molar-refractivity contribution in [3.05, 3.63) is 35.9 Å². The highest BCUT2D eigenvalue weighted by Gasteiger charge is 1.94. The number of nitrogens with one attached hydrogen (secondary N) is 1. The molecule has 0 atom stereocenters. The van der Waals surface area contributed by atoms with Crippen LogP contribution in [0.3, 0.4) is 0 Å². The Bertz CT molecular complexity index is 312. The summed E-state index contributed by atoms with van der Waals surface area (Å²) >= 11 is 0. The van der Waals surface area contributed by atoms with Gasteiger partial charge in [-0.25, -0.2) is 0 Å². The van der Waals surface area contributed by atoms with Crippen LogP contribution in [0, 0.1) is 5.41 Å². The molecule has 0 aromatic heterocycles. The number of unbranched alkanes of at least 4 members (excludes halogenated alkanes) is 1. The lowest BCUT2D eigenvalue weighted by Gasteiger charge is -1.99. The molecule has 0 saturated heterocycles. The molecule has 0 amide bonds. The number of hydrogen-bond donors (Lipinski definition) is 2. The van der Waals surface area contributed by atoms with Gasteiger partial charge in [-0.1, -0.05) is 43.7 Å². The Morgan fingerprint density at radius 2 is 2.06 bits per heavy atom. The third-order valence-corrected chi connectivity index (χ3v) is 1.89. The highest BCUT2D eigenvalue weighted by atomic mass is 16.5. The van der Waals surface area contributed by atoms with Crippen molar-refractivity contribution in [3.63, 3.8) is 0 Å². The topological polar surface area (TPSA) is 76.2 Å². The molecular formula is C13H20N2O2. The number of nitrogens with two attached hydrogens (primary N) is 1. The lowest BCUT2D eigenvalue weighted by Crippen LogP contribution is -2.17. The molecule has 1 aromatic carbocycles. The van der Waals surface area contributed by atoms with E-state index in [4.69, 9.17) is 11.1 Å². The summed E-state index contributed by atoms with van der Waals surface area (Å²) < 4.78 is 4.67. The van der Waals surface area contributed by atoms with E-state index in [-0.39, 0.29) is 12.5 Å². The van der Waals surface area contributed by atoms with Crippen LogP contribution in [-0.4, -0.2) is 25.3 Å². The van der Waals surface area contributed by atoms with Gasteiger partial charge in [0.1, 0.15) is 0 Å². The molecule has 0 heterocycles. The molecule has 1 aromatic rings. The molecule has 4 nitrogen and oxygen atoms in total. The summed E-state index contributed by atoms with van der Waals surface area (Å²) in [7, 11) is 0. The van der Waals surface area contributed by atoms with Gasteiger partial charge < -0.3 is 15.9 Å². The third-order valence-electron chi connectivity index (χ3n) is 1.89. The summed E-state index contributed by atoms with van der Waals surface area (Å²) in [5, 5.41) is 6.82. The number of esters is 1. The van der Waals surface area contributed by atoms with Crippen molar-refractivity contribution in [1.29, 1.82) is 5.41 Å². The molecule has 0 spiro atoms. The fourth-order valence-electron chi connectivity index (χ4n) is 0.939. The minimum absolute atomic E-state index is 0.0102. The van der Waals surface area contributed by atoms with Gasteiger partial charge in [0.2, 0.25) is 0 Å². The van der Waals surface area contributed by atoms with Crippen LogP contribution >= 0.6 is 0 Å². The van der Waals surface area contributed by atoms with E-state index < -0.39 is 0 Å². The first-order valence-corrected chi connectivity index (χ1v) is 5.65. The van der Waals surface area contributed by atoms with E-state index >= 15 is 0 Å². The molecule has 0 saturated carbocycles. The van der Waals surface area contributed by atoms with Gasteiger partial charge in [0.25, 0.3) is 0 Å². The van der Waals surface area contributed by atoms with Crippen LogP contribution in [0.1, 0.15) is 25.3 Å². The smallest absolute Gasteiger partial charge is 0.319 e. The molecule has 0 radical (unpaired) electrons. The molecule has 0 aliphatic heterocycles. The molecule has 0 aliphatic rings. The van der Waals surface area contributed by atoms with Crippen LogP contribution in [0.4, 0.5) is 0 Å². The average Bonchev–Trinajstić information content (AvgIpc) is 2.40. The molecule has 94 valence electrons. The molecule has 17 heavy (non-hydrogen) atoms. The van der Waals surface area contributed by atoms with E-state index in [2.05, 4.69) is 4.74 Å². The maximum atomic E-state index is 10.3. The van der Waals surface area contributed by atoms with Gasteiger partial charge in [-0.05, 0) is 12.0 Å². The van der Waals surface area contributed by atoms with Crippen molar-refractivity contribution in [2.24, 2.45) is 5.73 Å². The number of ether oxygens (including phenoxy) is 1. The van der Waals surface area contributed by atoms with Gasteiger partial charge in [-0.3, -0.25) is 4.79 Å². The van der Waals surface area contributed by atoms with Gasteiger partial charge in [0, 0.05) is 6.21 Å². The standard InChI is InChI=1S/C7H7N.C6H13NO2/c8-6-7-4-2-1-3-5-7;1-2-3-4-9-6(8)5-7/h1-6,8H;2-5,7H2,1H3. The Hall–Kier alpha value is -1.68. The van der Waals surface area contributed by atoms with Crippen molar-refractivity contribution in [3.8, 4) is 0 Å². The fourth-order valence-corrected chi connectivity index (χ4v) is 0.939. The molecule has 0 aliphatic carbocycles. The van der Waals surface area contributed by atoms with Crippen LogP contribution in [0.15, 0.2) is 30.3 Å². The zero-order valence-corrected chi connectivity index (χ0v) is 10.2. The fraction of sp³-hybridized carbons (Fsp3) is 0.385. The Morgan fingerprint density at radius 1 is 1.41 bits per heavy atom. The zero-order chi connectivity index (χ0) is 12.9. The maximum Gasteiger partial charge on any atom is 0.319 e. The number of carbonyl (C=O) groups is 1. The lowest BCUT2D eigenvalue weighted by molar-refractivity contribution is -0.141. The Kier molecular flexibility index (Phi) is 9.76. The van der Waals surface area contributed by atoms with Crippen molar-refractivity contribution in [2.45, 2.75) is 19.8 Å². The summed E-state index contributed by atoms with van der Waals surface area (Å²) in [5.41, 5.74) is 5.93. The highest BCUT2D eigenvalue weighted by molar-refractivity contribution is 5.76. The van der Waals surface area contributed by atoms with Crippen LogP contribution < -0.4 is 5.73 Å². The number of rotatable bonds is 5. The van der Waals surface area contributed by atoms with Crippen molar-refractivity contribution in [2.75, 3.05) is 13.2 Å². The first-order chi connectivity index (χ1) is 8.24. The van der Waals surface area contributed by atoms with Crippen LogP contribution in [0.2, 0.25) is 0 Å². The summed E-state index contributed by atoms with van der Waals surface area (Å²) in [6.07, 6.45) is 3.30. The Labute approximate surface area is 102 Å². The van der Waals surface area contributed by atoms with Crippen molar-refractivity contribution >= 4 is 12.2 Å². The van der Waals surface area contributed by atoms with Crippen LogP contribution in [-0.2, 0) is 9.53 Å². The number of benzene rings is 1. The van der Waals surface area contributed by atoms with Crippen LogP contribution in [0.25, 0.3) is 0 Å². The Morgan fingerprint density at radius 3 is 2.47 bits per heavy atom. The minimum atomic E-state index is -0.316. The second kappa shape index (κ2) is 10.8. The second-order valence-electron chi connectivity index (χ2n) is 3.33. The average molecular weight is 236 g/mol. The lowest BCUT2D eigenvalue weighted by atomic mass is 10.2. The highest BCUT2D eigenvalue weighted by Crippen LogP contribution is 1.91. The first kappa shape index (κ1) is 15.3. The second-order valence-corrected chi connectivity index (χ2v) is 3.33. The monoisotopic (exact) mass is 236 g/mol. The minimum Gasteiger partial charge on any atom is -0.465 e. The normalized spacial score (nSPS) is 8.82. The molecule has 1 rings (SSSR count). The quantitative estimate of drug-likeness (QED) is 0.466. The van der Waals surface area contributed by atoms with Gasteiger partial charge in [-0.2, -0.15) is 0 Å². The number of hydrogen-bond acceptors (Lipinski definition) is 4. The molecule has 0 unspecified atom stereocenters. The van der Waals surface area contributed by atoms with Gasteiger partial charge >= 0.3 is 5.97 Å². The maximum absolute atomic E-state index is 10.3. The van der Waals surface area contributed by atoms with Crippen molar-refractivity contribution < 1.29 is 9.53 Å². The van der Waals surface area contributed by atoms with E-state index in [0.717, 1.165) is 18.4 Å². The van der Waals surface area contributed by atoms with Crippen LogP contribution in [0.5, 0.6) is 0 Å². The van der Waals surface area contributed by atoms with E-state index in [1.54, 1.807) is 0 Å². The number of carbonyl (C=O) groups excluding carboxylic acids is 1. The predicted octanol–water partition coefficient (Wildman–Crippen LogP) is 1.97.